The second-order valence-corrected chi connectivity index (χ2v) is 5.60. The van der Waals surface area contributed by atoms with Crippen LogP contribution in [0.25, 0.3) is 0 Å². The van der Waals surface area contributed by atoms with Crippen LogP contribution in [0.5, 0.6) is 0 Å². The molecule has 6 heteroatoms. The number of carbonyl (C=O) groups excluding carboxylic acids is 1. The van der Waals surface area contributed by atoms with E-state index in [1.54, 1.807) is 19.9 Å². The highest BCUT2D eigenvalue weighted by atomic mass is 32.2. The maximum atomic E-state index is 12.3. The van der Waals surface area contributed by atoms with Gasteiger partial charge in [0.1, 0.15) is 0 Å². The molecule has 0 unspecified atom stereocenters. The number of carbonyl (C=O) groups is 1. The lowest BCUT2D eigenvalue weighted by Gasteiger charge is -2.19. The summed E-state index contributed by atoms with van der Waals surface area (Å²) in [5, 5.41) is 5.12. The zero-order valence-corrected chi connectivity index (χ0v) is 11.7. The van der Waals surface area contributed by atoms with Gasteiger partial charge in [-0.15, -0.1) is 6.42 Å². The van der Waals surface area contributed by atoms with E-state index >= 15 is 0 Å². The van der Waals surface area contributed by atoms with Crippen molar-refractivity contribution in [1.29, 1.82) is 0 Å². The summed E-state index contributed by atoms with van der Waals surface area (Å²) in [6, 6.07) is 4.43. The van der Waals surface area contributed by atoms with Gasteiger partial charge in [-0.3, -0.25) is 4.79 Å². The minimum Gasteiger partial charge on any atom is -0.328 e. The van der Waals surface area contributed by atoms with Crippen LogP contribution in [-0.2, 0) is 10.0 Å². The van der Waals surface area contributed by atoms with Gasteiger partial charge in [0, 0.05) is 6.54 Å². The summed E-state index contributed by atoms with van der Waals surface area (Å²) in [6.07, 6.45) is 5.19. The lowest BCUT2D eigenvalue weighted by molar-refractivity contribution is 0.0781. The number of nitrogens with two attached hydrogens (primary N) is 1. The molecule has 0 aliphatic heterocycles. The van der Waals surface area contributed by atoms with Gasteiger partial charge in [-0.25, -0.2) is 13.6 Å². The third kappa shape index (κ3) is 3.56. The van der Waals surface area contributed by atoms with E-state index in [2.05, 4.69) is 5.92 Å². The van der Waals surface area contributed by atoms with Gasteiger partial charge in [0.25, 0.3) is 5.91 Å². The van der Waals surface area contributed by atoms with E-state index < -0.39 is 15.9 Å². The SMILES string of the molecule is C#CCN(CC)C(=O)c1cc(C)ccc1S(N)(=O)=O. The third-order valence-electron chi connectivity index (χ3n) is 2.62. The van der Waals surface area contributed by atoms with E-state index in [1.807, 2.05) is 0 Å². The molecule has 0 spiro atoms. The highest BCUT2D eigenvalue weighted by Gasteiger charge is 2.22. The first-order valence-electron chi connectivity index (χ1n) is 5.67. The first-order chi connectivity index (χ1) is 8.81. The minimum absolute atomic E-state index is 0.0552. The van der Waals surface area contributed by atoms with Crippen LogP contribution in [0.15, 0.2) is 23.1 Å². The van der Waals surface area contributed by atoms with Crippen molar-refractivity contribution in [2.24, 2.45) is 5.14 Å². The molecular formula is C13H16N2O3S. The number of terminal acetylenes is 1. The number of benzene rings is 1. The first kappa shape index (κ1) is 15.2. The van der Waals surface area contributed by atoms with Gasteiger partial charge in [-0.2, -0.15) is 0 Å². The van der Waals surface area contributed by atoms with Crippen molar-refractivity contribution < 1.29 is 13.2 Å². The Labute approximate surface area is 113 Å². The van der Waals surface area contributed by atoms with Crippen LogP contribution in [0, 0.1) is 19.3 Å². The Bertz CT molecular complexity index is 630. The van der Waals surface area contributed by atoms with Gasteiger partial charge in [0.05, 0.1) is 17.0 Å². The van der Waals surface area contributed by atoms with E-state index in [1.165, 1.54) is 17.0 Å². The Morgan fingerprint density at radius 1 is 1.47 bits per heavy atom. The van der Waals surface area contributed by atoms with Gasteiger partial charge in [-0.05, 0) is 26.0 Å². The van der Waals surface area contributed by atoms with Crippen LogP contribution in [0.1, 0.15) is 22.8 Å². The van der Waals surface area contributed by atoms with Crippen molar-refractivity contribution in [1.82, 2.24) is 4.90 Å². The van der Waals surface area contributed by atoms with Crippen molar-refractivity contribution >= 4 is 15.9 Å². The largest absolute Gasteiger partial charge is 0.328 e. The molecule has 5 nitrogen and oxygen atoms in total. The molecule has 1 aromatic carbocycles. The molecule has 0 heterocycles. The van der Waals surface area contributed by atoms with Crippen LogP contribution in [0.3, 0.4) is 0 Å². The smallest absolute Gasteiger partial charge is 0.256 e. The molecule has 0 saturated carbocycles. The topological polar surface area (TPSA) is 80.5 Å². The van der Waals surface area contributed by atoms with E-state index in [0.717, 1.165) is 5.56 Å². The number of primary sulfonamides is 1. The second kappa shape index (κ2) is 5.87. The van der Waals surface area contributed by atoms with Crippen LogP contribution >= 0.6 is 0 Å². The summed E-state index contributed by atoms with van der Waals surface area (Å²) in [6.45, 7) is 4.04. The Balaban J connectivity index is 3.37. The fourth-order valence-corrected chi connectivity index (χ4v) is 2.38. The summed E-state index contributed by atoms with van der Waals surface area (Å²) < 4.78 is 23.0. The van der Waals surface area contributed by atoms with E-state index in [9.17, 15) is 13.2 Å². The Morgan fingerprint density at radius 3 is 2.58 bits per heavy atom. The zero-order chi connectivity index (χ0) is 14.6. The molecule has 1 rings (SSSR count). The highest BCUT2D eigenvalue weighted by Crippen LogP contribution is 2.18. The molecule has 1 aromatic rings. The lowest BCUT2D eigenvalue weighted by atomic mass is 10.1. The van der Waals surface area contributed by atoms with Gasteiger partial charge in [-0.1, -0.05) is 17.6 Å². The van der Waals surface area contributed by atoms with Crippen LogP contribution in [-0.4, -0.2) is 32.3 Å². The van der Waals surface area contributed by atoms with Crippen LogP contribution in [0.2, 0.25) is 0 Å². The number of hydrogen-bond donors (Lipinski definition) is 1. The predicted molar refractivity (Wildman–Crippen MR) is 73.0 cm³/mol. The maximum absolute atomic E-state index is 12.3. The molecule has 0 radical (unpaired) electrons. The fraction of sp³-hybridized carbons (Fsp3) is 0.308. The molecule has 102 valence electrons. The number of amides is 1. The predicted octanol–water partition coefficient (Wildman–Crippen LogP) is 0.738. The molecule has 0 bridgehead atoms. The average molecular weight is 280 g/mol. The molecule has 0 fully saturated rings. The Kier molecular flexibility index (Phi) is 4.70. The van der Waals surface area contributed by atoms with Crippen molar-refractivity contribution in [3.63, 3.8) is 0 Å². The molecule has 1 amide bonds. The second-order valence-electron chi connectivity index (χ2n) is 4.07. The van der Waals surface area contributed by atoms with Gasteiger partial charge in [0.2, 0.25) is 10.0 Å². The third-order valence-corrected chi connectivity index (χ3v) is 3.59. The Morgan fingerprint density at radius 2 is 2.11 bits per heavy atom. The monoisotopic (exact) mass is 280 g/mol. The van der Waals surface area contributed by atoms with E-state index in [0.29, 0.717) is 6.54 Å². The molecule has 2 N–H and O–H groups in total. The van der Waals surface area contributed by atoms with Crippen molar-refractivity contribution in [3.8, 4) is 12.3 Å². The van der Waals surface area contributed by atoms with Crippen LogP contribution in [0.4, 0.5) is 0 Å². The molecule has 0 aliphatic carbocycles. The number of nitrogens with zero attached hydrogens (tertiary/aromatic N) is 1. The summed E-state index contributed by atoms with van der Waals surface area (Å²) in [5.41, 5.74) is 0.826. The van der Waals surface area contributed by atoms with Crippen molar-refractivity contribution in [2.45, 2.75) is 18.7 Å². The molecule has 0 atom stereocenters. The number of rotatable bonds is 4. The van der Waals surface area contributed by atoms with Gasteiger partial charge in [0.15, 0.2) is 0 Å². The zero-order valence-electron chi connectivity index (χ0n) is 10.9. The summed E-state index contributed by atoms with van der Waals surface area (Å²) >= 11 is 0. The van der Waals surface area contributed by atoms with Crippen molar-refractivity contribution in [2.75, 3.05) is 13.1 Å². The van der Waals surface area contributed by atoms with Gasteiger partial charge >= 0.3 is 0 Å². The standard InChI is InChI=1S/C13H16N2O3S/c1-4-8-15(5-2)13(16)11-9-10(3)6-7-12(11)19(14,17)18/h1,6-7,9H,5,8H2,2-3H3,(H2,14,17,18). The lowest BCUT2D eigenvalue weighted by Crippen LogP contribution is -2.32. The quantitative estimate of drug-likeness (QED) is 0.826. The van der Waals surface area contributed by atoms with Crippen LogP contribution < -0.4 is 5.14 Å². The minimum atomic E-state index is -3.95. The summed E-state index contributed by atoms with van der Waals surface area (Å²) in [5.74, 6) is 1.93. The first-order valence-corrected chi connectivity index (χ1v) is 7.22. The Hall–Kier alpha value is -1.84. The molecule has 0 aliphatic rings. The molecular weight excluding hydrogens is 264 g/mol. The molecule has 19 heavy (non-hydrogen) atoms. The fourth-order valence-electron chi connectivity index (χ4n) is 1.67. The molecule has 0 saturated heterocycles. The summed E-state index contributed by atoms with van der Waals surface area (Å²) in [7, 11) is -3.95. The van der Waals surface area contributed by atoms with E-state index in [-0.39, 0.29) is 17.0 Å². The number of hydrogen-bond acceptors (Lipinski definition) is 3. The maximum Gasteiger partial charge on any atom is 0.256 e. The van der Waals surface area contributed by atoms with Crippen molar-refractivity contribution in [3.05, 3.63) is 29.3 Å². The average Bonchev–Trinajstić information content (AvgIpc) is 2.33. The normalized spacial score (nSPS) is 10.8. The van der Waals surface area contributed by atoms with Gasteiger partial charge < -0.3 is 4.90 Å². The molecule has 0 aromatic heterocycles. The number of sulfonamides is 1. The highest BCUT2D eigenvalue weighted by molar-refractivity contribution is 7.89. The number of aryl methyl sites for hydroxylation is 1. The van der Waals surface area contributed by atoms with E-state index in [4.69, 9.17) is 11.6 Å². The summed E-state index contributed by atoms with van der Waals surface area (Å²) in [4.78, 5) is 13.5.